The van der Waals surface area contributed by atoms with E-state index in [0.29, 0.717) is 4.60 Å². The van der Waals surface area contributed by atoms with Gasteiger partial charge in [-0.2, -0.15) is 13.2 Å². The molecule has 13 heavy (non-hydrogen) atoms. The summed E-state index contributed by atoms with van der Waals surface area (Å²) in [4.78, 5) is 3.57. The highest BCUT2D eigenvalue weighted by atomic mass is 79.9. The van der Waals surface area contributed by atoms with Crippen molar-refractivity contribution in [3.05, 3.63) is 28.5 Å². The van der Waals surface area contributed by atoms with Crippen molar-refractivity contribution in [2.45, 2.75) is 12.3 Å². The molecule has 1 atom stereocenters. The molecule has 0 saturated heterocycles. The number of hydrogen-bond acceptors (Lipinski definition) is 2. The molecule has 0 unspecified atom stereocenters. The van der Waals surface area contributed by atoms with Gasteiger partial charge in [0.05, 0.1) is 0 Å². The van der Waals surface area contributed by atoms with Crippen molar-refractivity contribution < 1.29 is 18.3 Å². The molecule has 0 aliphatic heterocycles. The van der Waals surface area contributed by atoms with Gasteiger partial charge >= 0.3 is 6.18 Å². The topological polar surface area (TPSA) is 33.1 Å². The van der Waals surface area contributed by atoms with E-state index in [1.54, 1.807) is 0 Å². The Morgan fingerprint density at radius 3 is 2.38 bits per heavy atom. The van der Waals surface area contributed by atoms with Crippen molar-refractivity contribution in [1.82, 2.24) is 4.98 Å². The van der Waals surface area contributed by atoms with Gasteiger partial charge in [-0.3, -0.25) is 0 Å². The van der Waals surface area contributed by atoms with Gasteiger partial charge in [-0.15, -0.1) is 0 Å². The first kappa shape index (κ1) is 10.5. The van der Waals surface area contributed by atoms with Crippen LogP contribution in [-0.2, 0) is 0 Å². The first-order valence-corrected chi connectivity index (χ1v) is 4.07. The molecular weight excluding hydrogens is 251 g/mol. The van der Waals surface area contributed by atoms with E-state index >= 15 is 0 Å². The van der Waals surface area contributed by atoms with Crippen molar-refractivity contribution in [3.8, 4) is 0 Å². The summed E-state index contributed by atoms with van der Waals surface area (Å²) in [5, 5.41) is 8.77. The van der Waals surface area contributed by atoms with E-state index in [9.17, 15) is 13.2 Å². The van der Waals surface area contributed by atoms with Crippen LogP contribution in [0.3, 0.4) is 0 Å². The van der Waals surface area contributed by atoms with Crippen LogP contribution in [0.25, 0.3) is 0 Å². The van der Waals surface area contributed by atoms with Crippen LogP contribution < -0.4 is 0 Å². The Hall–Kier alpha value is -0.620. The highest BCUT2D eigenvalue weighted by molar-refractivity contribution is 9.10. The van der Waals surface area contributed by atoms with Crippen LogP contribution in [0, 0.1) is 0 Å². The molecule has 0 radical (unpaired) electrons. The standard InChI is InChI=1S/C7H5BrF3NO/c8-5-2-1-4(3-12-5)6(13)7(9,10)11/h1-3,6,13H/t6-/m0/s1. The zero-order valence-electron chi connectivity index (χ0n) is 6.22. The minimum absolute atomic E-state index is 0.268. The van der Waals surface area contributed by atoms with Crippen molar-refractivity contribution in [2.24, 2.45) is 0 Å². The third-order valence-electron chi connectivity index (χ3n) is 1.38. The summed E-state index contributed by atoms with van der Waals surface area (Å²) >= 11 is 2.97. The van der Waals surface area contributed by atoms with Gasteiger partial charge in [0.25, 0.3) is 0 Å². The summed E-state index contributed by atoms with van der Waals surface area (Å²) in [5.41, 5.74) is -0.268. The fourth-order valence-corrected chi connectivity index (χ4v) is 0.973. The van der Waals surface area contributed by atoms with Crippen molar-refractivity contribution in [2.75, 3.05) is 0 Å². The zero-order valence-corrected chi connectivity index (χ0v) is 7.80. The van der Waals surface area contributed by atoms with Gasteiger partial charge in [-0.1, -0.05) is 6.07 Å². The lowest BCUT2D eigenvalue weighted by molar-refractivity contribution is -0.206. The monoisotopic (exact) mass is 255 g/mol. The number of aromatic nitrogens is 1. The summed E-state index contributed by atoms with van der Waals surface area (Å²) in [7, 11) is 0. The van der Waals surface area contributed by atoms with Gasteiger partial charge in [-0.05, 0) is 22.0 Å². The van der Waals surface area contributed by atoms with Gasteiger partial charge in [0.15, 0.2) is 6.10 Å². The Morgan fingerprint density at radius 2 is 2.00 bits per heavy atom. The molecule has 0 fully saturated rings. The summed E-state index contributed by atoms with van der Waals surface area (Å²) in [5.74, 6) is 0. The van der Waals surface area contributed by atoms with Gasteiger partial charge in [0.1, 0.15) is 4.60 Å². The lowest BCUT2D eigenvalue weighted by Gasteiger charge is -2.13. The number of aliphatic hydroxyl groups excluding tert-OH is 1. The van der Waals surface area contributed by atoms with Crippen LogP contribution in [0.4, 0.5) is 13.2 Å². The minimum Gasteiger partial charge on any atom is -0.379 e. The summed E-state index contributed by atoms with van der Waals surface area (Å²) < 4.78 is 36.3. The van der Waals surface area contributed by atoms with Crippen LogP contribution in [-0.4, -0.2) is 16.3 Å². The average Bonchev–Trinajstić information content (AvgIpc) is 2.03. The van der Waals surface area contributed by atoms with E-state index in [1.165, 1.54) is 6.07 Å². The number of rotatable bonds is 1. The number of aliphatic hydroxyl groups is 1. The smallest absolute Gasteiger partial charge is 0.379 e. The molecule has 0 aromatic carbocycles. The Balaban J connectivity index is 2.90. The fraction of sp³-hybridized carbons (Fsp3) is 0.286. The molecule has 0 saturated carbocycles. The lowest BCUT2D eigenvalue weighted by Crippen LogP contribution is -2.20. The second kappa shape index (κ2) is 3.63. The Morgan fingerprint density at radius 1 is 1.38 bits per heavy atom. The van der Waals surface area contributed by atoms with Gasteiger partial charge < -0.3 is 5.11 Å². The number of hydrogen-bond donors (Lipinski definition) is 1. The molecule has 6 heteroatoms. The van der Waals surface area contributed by atoms with Crippen molar-refractivity contribution in [1.29, 1.82) is 0 Å². The molecular formula is C7H5BrF3NO. The van der Waals surface area contributed by atoms with Crippen molar-refractivity contribution >= 4 is 15.9 Å². The molecule has 0 aliphatic carbocycles. The summed E-state index contributed by atoms with van der Waals surface area (Å²) in [6.07, 6.45) is -6.13. The van der Waals surface area contributed by atoms with Crippen LogP contribution in [0.5, 0.6) is 0 Å². The third-order valence-corrected chi connectivity index (χ3v) is 1.85. The van der Waals surface area contributed by atoms with Crippen LogP contribution >= 0.6 is 15.9 Å². The molecule has 1 aromatic rings. The maximum Gasteiger partial charge on any atom is 0.418 e. The minimum atomic E-state index is -4.64. The Labute approximate surface area is 80.5 Å². The fourth-order valence-electron chi connectivity index (χ4n) is 0.738. The predicted octanol–water partition coefficient (Wildman–Crippen LogP) is 2.44. The predicted molar refractivity (Wildman–Crippen MR) is 43.0 cm³/mol. The first-order valence-electron chi connectivity index (χ1n) is 3.27. The number of pyridine rings is 1. The van der Waals surface area contributed by atoms with Crippen LogP contribution in [0.2, 0.25) is 0 Å². The van der Waals surface area contributed by atoms with Gasteiger partial charge in [0.2, 0.25) is 0 Å². The van der Waals surface area contributed by atoms with E-state index in [2.05, 4.69) is 20.9 Å². The molecule has 2 nitrogen and oxygen atoms in total. The Bertz CT molecular complexity index is 285. The summed E-state index contributed by atoms with van der Waals surface area (Å²) in [6, 6.07) is 2.50. The van der Waals surface area contributed by atoms with E-state index in [4.69, 9.17) is 5.11 Å². The van der Waals surface area contributed by atoms with Crippen molar-refractivity contribution in [3.63, 3.8) is 0 Å². The second-order valence-corrected chi connectivity index (χ2v) is 3.17. The first-order chi connectivity index (χ1) is 5.91. The van der Waals surface area contributed by atoms with Crippen LogP contribution in [0.1, 0.15) is 11.7 Å². The lowest BCUT2D eigenvalue weighted by atomic mass is 10.1. The van der Waals surface area contributed by atoms with E-state index in [1.807, 2.05) is 0 Å². The van der Waals surface area contributed by atoms with E-state index in [0.717, 1.165) is 12.3 Å². The molecule has 1 aromatic heterocycles. The summed E-state index contributed by atoms with van der Waals surface area (Å²) in [6.45, 7) is 0. The molecule has 72 valence electrons. The van der Waals surface area contributed by atoms with E-state index in [-0.39, 0.29) is 5.56 Å². The van der Waals surface area contributed by atoms with Gasteiger partial charge in [-0.25, -0.2) is 4.98 Å². The molecule has 1 N–H and O–H groups in total. The molecule has 1 rings (SSSR count). The number of halogens is 4. The maximum absolute atomic E-state index is 11.9. The molecule has 0 aliphatic rings. The SMILES string of the molecule is O[C@@H](c1ccc(Br)nc1)C(F)(F)F. The average molecular weight is 256 g/mol. The number of nitrogens with zero attached hydrogens (tertiary/aromatic N) is 1. The normalized spacial score (nSPS) is 14.2. The number of alkyl halides is 3. The van der Waals surface area contributed by atoms with E-state index < -0.39 is 12.3 Å². The highest BCUT2D eigenvalue weighted by Gasteiger charge is 2.39. The maximum atomic E-state index is 11.9. The molecule has 0 bridgehead atoms. The van der Waals surface area contributed by atoms with Gasteiger partial charge in [0, 0.05) is 11.8 Å². The third kappa shape index (κ3) is 2.67. The largest absolute Gasteiger partial charge is 0.418 e. The molecule has 0 amide bonds. The Kier molecular flexibility index (Phi) is 2.92. The zero-order chi connectivity index (χ0) is 10.1. The molecule has 1 heterocycles. The van der Waals surface area contributed by atoms with Crippen LogP contribution in [0.15, 0.2) is 22.9 Å². The highest BCUT2D eigenvalue weighted by Crippen LogP contribution is 2.32. The quantitative estimate of drug-likeness (QED) is 0.783. The second-order valence-electron chi connectivity index (χ2n) is 2.36. The molecule has 0 spiro atoms.